The molecule has 84 valence electrons. The SMILES string of the molecule is CC1CCCc2cnc(-c3ccc(Br)o3)n21. The number of fused-ring (bicyclic) bond motifs is 1. The van der Waals surface area contributed by atoms with Crippen LogP contribution in [-0.2, 0) is 6.42 Å². The summed E-state index contributed by atoms with van der Waals surface area (Å²) in [5.41, 5.74) is 1.32. The monoisotopic (exact) mass is 280 g/mol. The summed E-state index contributed by atoms with van der Waals surface area (Å²) in [4.78, 5) is 4.48. The molecule has 0 saturated heterocycles. The van der Waals surface area contributed by atoms with E-state index in [1.807, 2.05) is 18.3 Å². The van der Waals surface area contributed by atoms with Gasteiger partial charge in [0.1, 0.15) is 0 Å². The molecule has 16 heavy (non-hydrogen) atoms. The van der Waals surface area contributed by atoms with Gasteiger partial charge in [0.05, 0.1) is 0 Å². The molecule has 2 aromatic heterocycles. The van der Waals surface area contributed by atoms with E-state index < -0.39 is 0 Å². The molecule has 0 amide bonds. The molecule has 3 rings (SSSR count). The predicted octanol–water partition coefficient (Wildman–Crippen LogP) is 3.80. The van der Waals surface area contributed by atoms with Crippen LogP contribution in [0, 0.1) is 0 Å². The number of rotatable bonds is 1. The Morgan fingerprint density at radius 1 is 1.50 bits per heavy atom. The molecule has 0 spiro atoms. The van der Waals surface area contributed by atoms with Crippen molar-refractivity contribution in [1.29, 1.82) is 0 Å². The van der Waals surface area contributed by atoms with E-state index >= 15 is 0 Å². The summed E-state index contributed by atoms with van der Waals surface area (Å²) < 4.78 is 8.63. The Labute approximate surface area is 103 Å². The van der Waals surface area contributed by atoms with Crippen molar-refractivity contribution in [2.24, 2.45) is 0 Å². The summed E-state index contributed by atoms with van der Waals surface area (Å²) in [7, 11) is 0. The topological polar surface area (TPSA) is 31.0 Å². The van der Waals surface area contributed by atoms with E-state index in [-0.39, 0.29) is 0 Å². The van der Waals surface area contributed by atoms with Crippen LogP contribution in [0.4, 0.5) is 0 Å². The van der Waals surface area contributed by atoms with Crippen LogP contribution in [0.1, 0.15) is 31.5 Å². The molecule has 3 heterocycles. The van der Waals surface area contributed by atoms with Crippen molar-refractivity contribution in [2.75, 3.05) is 0 Å². The molecule has 1 aliphatic heterocycles. The van der Waals surface area contributed by atoms with Crippen LogP contribution < -0.4 is 0 Å². The Morgan fingerprint density at radius 2 is 2.38 bits per heavy atom. The van der Waals surface area contributed by atoms with Crippen LogP contribution in [0.15, 0.2) is 27.4 Å². The summed E-state index contributed by atoms with van der Waals surface area (Å²) in [6, 6.07) is 4.39. The molecular weight excluding hydrogens is 268 g/mol. The van der Waals surface area contributed by atoms with Gasteiger partial charge in [-0.2, -0.15) is 0 Å². The third-order valence-electron chi connectivity index (χ3n) is 3.16. The molecule has 0 saturated carbocycles. The summed E-state index contributed by atoms with van der Waals surface area (Å²) >= 11 is 3.33. The normalized spacial score (nSPS) is 19.8. The zero-order valence-electron chi connectivity index (χ0n) is 9.11. The van der Waals surface area contributed by atoms with E-state index in [2.05, 4.69) is 32.4 Å². The fraction of sp³-hybridized carbons (Fsp3) is 0.417. The number of hydrogen-bond acceptors (Lipinski definition) is 2. The first kappa shape index (κ1) is 10.1. The first-order valence-corrected chi connectivity index (χ1v) is 6.37. The summed E-state index contributed by atoms with van der Waals surface area (Å²) in [5, 5.41) is 0. The number of furan rings is 1. The molecule has 1 unspecified atom stereocenters. The summed E-state index contributed by atoms with van der Waals surface area (Å²) in [6.45, 7) is 2.24. The standard InChI is InChI=1S/C12H13BrN2O/c1-8-3-2-4-9-7-14-12(15(8)9)10-5-6-11(13)16-10/h5-8H,2-4H2,1H3. The number of hydrogen-bond donors (Lipinski definition) is 0. The van der Waals surface area contributed by atoms with Crippen LogP contribution in [0.5, 0.6) is 0 Å². The zero-order chi connectivity index (χ0) is 11.1. The maximum Gasteiger partial charge on any atom is 0.176 e. The lowest BCUT2D eigenvalue weighted by molar-refractivity contribution is 0.429. The third kappa shape index (κ3) is 1.52. The average molecular weight is 281 g/mol. The smallest absolute Gasteiger partial charge is 0.176 e. The lowest BCUT2D eigenvalue weighted by Crippen LogP contribution is -2.15. The van der Waals surface area contributed by atoms with E-state index in [9.17, 15) is 0 Å². The van der Waals surface area contributed by atoms with Gasteiger partial charge in [0.15, 0.2) is 16.3 Å². The molecule has 0 aromatic carbocycles. The van der Waals surface area contributed by atoms with Gasteiger partial charge >= 0.3 is 0 Å². The van der Waals surface area contributed by atoms with Crippen LogP contribution in [0.25, 0.3) is 11.6 Å². The fourth-order valence-electron chi connectivity index (χ4n) is 2.40. The largest absolute Gasteiger partial charge is 0.446 e. The van der Waals surface area contributed by atoms with Gasteiger partial charge in [-0.1, -0.05) is 0 Å². The van der Waals surface area contributed by atoms with Gasteiger partial charge in [0, 0.05) is 17.9 Å². The van der Waals surface area contributed by atoms with Crippen LogP contribution >= 0.6 is 15.9 Å². The highest BCUT2D eigenvalue weighted by molar-refractivity contribution is 9.10. The number of aryl methyl sites for hydroxylation is 1. The minimum absolute atomic E-state index is 0.519. The lowest BCUT2D eigenvalue weighted by Gasteiger charge is -2.23. The quantitative estimate of drug-likeness (QED) is 0.796. The molecular formula is C12H13BrN2O. The van der Waals surface area contributed by atoms with E-state index in [1.165, 1.54) is 18.5 Å². The molecule has 0 bridgehead atoms. The average Bonchev–Trinajstić information content (AvgIpc) is 2.84. The molecule has 4 heteroatoms. The van der Waals surface area contributed by atoms with Crippen molar-refractivity contribution in [1.82, 2.24) is 9.55 Å². The number of halogens is 1. The second kappa shape index (κ2) is 3.77. The van der Waals surface area contributed by atoms with Crippen LogP contribution in [-0.4, -0.2) is 9.55 Å². The fourth-order valence-corrected chi connectivity index (χ4v) is 2.70. The van der Waals surface area contributed by atoms with E-state index in [1.54, 1.807) is 0 Å². The van der Waals surface area contributed by atoms with Crippen molar-refractivity contribution in [3.63, 3.8) is 0 Å². The van der Waals surface area contributed by atoms with Gasteiger partial charge in [-0.15, -0.1) is 0 Å². The Bertz CT molecular complexity index is 515. The highest BCUT2D eigenvalue weighted by Gasteiger charge is 2.22. The first-order valence-electron chi connectivity index (χ1n) is 5.57. The predicted molar refractivity (Wildman–Crippen MR) is 65.3 cm³/mol. The molecule has 0 N–H and O–H groups in total. The molecule has 0 aliphatic carbocycles. The van der Waals surface area contributed by atoms with Gasteiger partial charge < -0.3 is 8.98 Å². The van der Waals surface area contributed by atoms with E-state index in [0.717, 1.165) is 22.7 Å². The zero-order valence-corrected chi connectivity index (χ0v) is 10.7. The molecule has 0 fully saturated rings. The van der Waals surface area contributed by atoms with E-state index in [4.69, 9.17) is 4.42 Å². The molecule has 0 radical (unpaired) electrons. The van der Waals surface area contributed by atoms with Crippen LogP contribution in [0.2, 0.25) is 0 Å². The van der Waals surface area contributed by atoms with Crippen molar-refractivity contribution in [3.8, 4) is 11.6 Å². The van der Waals surface area contributed by atoms with Gasteiger partial charge in [-0.25, -0.2) is 4.98 Å². The minimum Gasteiger partial charge on any atom is -0.446 e. The highest BCUT2D eigenvalue weighted by Crippen LogP contribution is 2.32. The maximum atomic E-state index is 5.58. The van der Waals surface area contributed by atoms with Gasteiger partial charge in [0.2, 0.25) is 0 Å². The Kier molecular flexibility index (Phi) is 2.39. The van der Waals surface area contributed by atoms with Crippen molar-refractivity contribution in [3.05, 3.63) is 28.7 Å². The number of aromatic nitrogens is 2. The minimum atomic E-state index is 0.519. The van der Waals surface area contributed by atoms with E-state index in [0.29, 0.717) is 6.04 Å². The molecule has 3 nitrogen and oxygen atoms in total. The summed E-state index contributed by atoms with van der Waals surface area (Å²) in [5.74, 6) is 1.79. The molecule has 1 atom stereocenters. The van der Waals surface area contributed by atoms with Gasteiger partial charge in [0.25, 0.3) is 0 Å². The number of nitrogens with zero attached hydrogens (tertiary/aromatic N) is 2. The van der Waals surface area contributed by atoms with Crippen molar-refractivity contribution >= 4 is 15.9 Å². The lowest BCUT2D eigenvalue weighted by atomic mass is 10.0. The van der Waals surface area contributed by atoms with Crippen molar-refractivity contribution in [2.45, 2.75) is 32.2 Å². The molecule has 2 aromatic rings. The van der Waals surface area contributed by atoms with Crippen LogP contribution in [0.3, 0.4) is 0 Å². The third-order valence-corrected chi connectivity index (χ3v) is 3.59. The Balaban J connectivity index is 2.12. The summed E-state index contributed by atoms with van der Waals surface area (Å²) in [6.07, 6.45) is 5.58. The Morgan fingerprint density at radius 3 is 3.12 bits per heavy atom. The second-order valence-electron chi connectivity index (χ2n) is 4.29. The first-order chi connectivity index (χ1) is 7.75. The molecule has 1 aliphatic rings. The maximum absolute atomic E-state index is 5.58. The Hall–Kier alpha value is -1.03. The van der Waals surface area contributed by atoms with Gasteiger partial charge in [-0.05, 0) is 54.2 Å². The van der Waals surface area contributed by atoms with Gasteiger partial charge in [-0.3, -0.25) is 0 Å². The number of imidazole rings is 1. The second-order valence-corrected chi connectivity index (χ2v) is 5.07. The van der Waals surface area contributed by atoms with Crippen molar-refractivity contribution < 1.29 is 4.42 Å². The highest BCUT2D eigenvalue weighted by atomic mass is 79.9.